The Bertz CT molecular complexity index is 703. The predicted molar refractivity (Wildman–Crippen MR) is 83.0 cm³/mol. The summed E-state index contributed by atoms with van der Waals surface area (Å²) in [5.41, 5.74) is 8.77. The minimum absolute atomic E-state index is 0.103. The summed E-state index contributed by atoms with van der Waals surface area (Å²) in [4.78, 5) is 13.6. The Hall–Kier alpha value is -1.91. The van der Waals surface area contributed by atoms with Crippen LogP contribution in [0.2, 0.25) is 10.0 Å². The first-order valence-electron chi connectivity index (χ1n) is 5.97. The molecule has 0 atom stereocenters. The maximum absolute atomic E-state index is 11.8. The van der Waals surface area contributed by atoms with E-state index in [0.717, 1.165) is 11.4 Å². The molecule has 1 aliphatic rings. The van der Waals surface area contributed by atoms with Crippen molar-refractivity contribution in [1.29, 1.82) is 0 Å². The second kappa shape index (κ2) is 4.89. The van der Waals surface area contributed by atoms with Gasteiger partial charge in [-0.25, -0.2) is 0 Å². The van der Waals surface area contributed by atoms with E-state index in [1.807, 2.05) is 29.2 Å². The molecule has 102 valence electrons. The number of para-hydroxylation sites is 2. The van der Waals surface area contributed by atoms with Crippen LogP contribution < -0.4 is 16.0 Å². The summed E-state index contributed by atoms with van der Waals surface area (Å²) in [6, 6.07) is 10.8. The molecule has 0 aliphatic carbocycles. The fraction of sp³-hybridized carbons (Fsp3) is 0.0714. The second-order valence-corrected chi connectivity index (χ2v) is 5.29. The van der Waals surface area contributed by atoms with Gasteiger partial charge in [-0.3, -0.25) is 4.79 Å². The van der Waals surface area contributed by atoms with Gasteiger partial charge in [0.05, 0.1) is 32.8 Å². The summed E-state index contributed by atoms with van der Waals surface area (Å²) in [5.74, 6) is -0.103. The topological polar surface area (TPSA) is 58.4 Å². The van der Waals surface area contributed by atoms with Crippen LogP contribution in [0.25, 0.3) is 0 Å². The molecule has 3 N–H and O–H groups in total. The lowest BCUT2D eigenvalue weighted by atomic mass is 10.1. The lowest BCUT2D eigenvalue weighted by Gasteiger charge is -2.31. The number of benzene rings is 2. The van der Waals surface area contributed by atoms with E-state index in [1.54, 1.807) is 12.1 Å². The number of nitrogens with one attached hydrogen (secondary N) is 1. The number of nitrogen functional groups attached to an aromatic ring is 1. The first-order valence-corrected chi connectivity index (χ1v) is 6.73. The smallest absolute Gasteiger partial charge is 0.244 e. The van der Waals surface area contributed by atoms with Gasteiger partial charge in [0.2, 0.25) is 5.91 Å². The van der Waals surface area contributed by atoms with Gasteiger partial charge in [-0.1, -0.05) is 35.3 Å². The first-order chi connectivity index (χ1) is 9.56. The number of anilines is 4. The second-order valence-electron chi connectivity index (χ2n) is 4.48. The molecule has 2 aromatic rings. The number of nitrogens with zero attached hydrogens (tertiary/aromatic N) is 1. The molecule has 0 fully saturated rings. The van der Waals surface area contributed by atoms with Crippen molar-refractivity contribution >= 4 is 51.9 Å². The largest absolute Gasteiger partial charge is 0.397 e. The van der Waals surface area contributed by atoms with Gasteiger partial charge in [0.15, 0.2) is 0 Å². The van der Waals surface area contributed by atoms with Crippen LogP contribution in [-0.2, 0) is 4.79 Å². The average molecular weight is 308 g/mol. The van der Waals surface area contributed by atoms with E-state index in [1.165, 1.54) is 0 Å². The standard InChI is InChI=1S/C14H11Cl2N3O/c15-8-5-10(17)13(6-9(8)16)19-7-14(20)18-11-3-1-2-4-12(11)19/h1-6H,7,17H2,(H,18,20). The van der Waals surface area contributed by atoms with Crippen LogP contribution in [0.3, 0.4) is 0 Å². The highest BCUT2D eigenvalue weighted by atomic mass is 35.5. The zero-order valence-corrected chi connectivity index (χ0v) is 11.9. The van der Waals surface area contributed by atoms with Gasteiger partial charge in [-0.05, 0) is 24.3 Å². The SMILES string of the molecule is Nc1cc(Cl)c(Cl)cc1N1CC(=O)Nc2ccccc21. The van der Waals surface area contributed by atoms with E-state index < -0.39 is 0 Å². The van der Waals surface area contributed by atoms with E-state index in [-0.39, 0.29) is 12.5 Å². The Morgan fingerprint density at radius 2 is 1.80 bits per heavy atom. The van der Waals surface area contributed by atoms with Crippen LogP contribution in [-0.4, -0.2) is 12.5 Å². The van der Waals surface area contributed by atoms with Crippen molar-refractivity contribution in [1.82, 2.24) is 0 Å². The third kappa shape index (κ3) is 2.17. The number of amides is 1. The molecule has 0 unspecified atom stereocenters. The normalized spacial score (nSPS) is 13.9. The summed E-state index contributed by atoms with van der Waals surface area (Å²) < 4.78 is 0. The molecule has 1 aliphatic heterocycles. The van der Waals surface area contributed by atoms with Crippen LogP contribution in [0.15, 0.2) is 36.4 Å². The summed E-state index contributed by atoms with van der Waals surface area (Å²) >= 11 is 12.0. The van der Waals surface area contributed by atoms with Crippen molar-refractivity contribution in [2.24, 2.45) is 0 Å². The third-order valence-electron chi connectivity index (χ3n) is 3.13. The summed E-state index contributed by atoms with van der Waals surface area (Å²) in [7, 11) is 0. The number of halogens is 2. The third-order valence-corrected chi connectivity index (χ3v) is 3.85. The molecule has 4 nitrogen and oxygen atoms in total. The summed E-state index contributed by atoms with van der Waals surface area (Å²) in [5, 5.41) is 3.62. The Kier molecular flexibility index (Phi) is 3.20. The van der Waals surface area contributed by atoms with Gasteiger partial charge in [-0.15, -0.1) is 0 Å². The predicted octanol–water partition coefficient (Wildman–Crippen LogP) is 3.67. The molecular weight excluding hydrogens is 297 g/mol. The minimum Gasteiger partial charge on any atom is -0.397 e. The van der Waals surface area contributed by atoms with Gasteiger partial charge in [0, 0.05) is 0 Å². The van der Waals surface area contributed by atoms with E-state index in [2.05, 4.69) is 5.32 Å². The summed E-state index contributed by atoms with van der Waals surface area (Å²) in [6.07, 6.45) is 0. The number of hydrogen-bond donors (Lipinski definition) is 2. The number of carbonyl (C=O) groups is 1. The van der Waals surface area contributed by atoms with E-state index in [9.17, 15) is 4.79 Å². The molecule has 0 saturated heterocycles. The molecule has 0 saturated carbocycles. The maximum Gasteiger partial charge on any atom is 0.244 e. The van der Waals surface area contributed by atoms with Gasteiger partial charge in [0.1, 0.15) is 6.54 Å². The van der Waals surface area contributed by atoms with Crippen LogP contribution >= 0.6 is 23.2 Å². The molecule has 6 heteroatoms. The fourth-order valence-corrected chi connectivity index (χ4v) is 2.56. The molecular formula is C14H11Cl2N3O. The van der Waals surface area contributed by atoms with Gasteiger partial charge >= 0.3 is 0 Å². The zero-order chi connectivity index (χ0) is 14.3. The first kappa shape index (κ1) is 13.1. The number of fused-ring (bicyclic) bond motifs is 1. The van der Waals surface area contributed by atoms with Crippen LogP contribution in [0.5, 0.6) is 0 Å². The molecule has 3 rings (SSSR count). The Balaban J connectivity index is 2.15. The lowest BCUT2D eigenvalue weighted by molar-refractivity contribution is -0.115. The Labute approximate surface area is 126 Å². The summed E-state index contributed by atoms with van der Waals surface area (Å²) in [6.45, 7) is 0.180. The van der Waals surface area contributed by atoms with E-state index in [4.69, 9.17) is 28.9 Å². The fourth-order valence-electron chi connectivity index (χ4n) is 2.23. The lowest BCUT2D eigenvalue weighted by Crippen LogP contribution is -2.35. The molecule has 0 spiro atoms. The van der Waals surface area contributed by atoms with Crippen LogP contribution in [0.4, 0.5) is 22.7 Å². The zero-order valence-electron chi connectivity index (χ0n) is 10.4. The molecule has 1 amide bonds. The molecule has 20 heavy (non-hydrogen) atoms. The highest BCUT2D eigenvalue weighted by molar-refractivity contribution is 6.42. The monoisotopic (exact) mass is 307 g/mol. The number of carbonyl (C=O) groups excluding carboxylic acids is 1. The van der Waals surface area contributed by atoms with Crippen LogP contribution in [0.1, 0.15) is 0 Å². The molecule has 1 heterocycles. The van der Waals surface area contributed by atoms with Crippen molar-refractivity contribution in [2.45, 2.75) is 0 Å². The van der Waals surface area contributed by atoms with Crippen molar-refractivity contribution in [3.8, 4) is 0 Å². The molecule has 0 bridgehead atoms. The molecule has 2 aromatic carbocycles. The Morgan fingerprint density at radius 1 is 1.10 bits per heavy atom. The number of hydrogen-bond acceptors (Lipinski definition) is 3. The van der Waals surface area contributed by atoms with E-state index in [0.29, 0.717) is 21.4 Å². The molecule has 0 aromatic heterocycles. The highest BCUT2D eigenvalue weighted by Crippen LogP contribution is 2.40. The number of rotatable bonds is 1. The van der Waals surface area contributed by atoms with Crippen LogP contribution in [0, 0.1) is 0 Å². The van der Waals surface area contributed by atoms with Crippen molar-refractivity contribution < 1.29 is 4.79 Å². The van der Waals surface area contributed by atoms with Gasteiger partial charge < -0.3 is 16.0 Å². The van der Waals surface area contributed by atoms with Crippen molar-refractivity contribution in [2.75, 3.05) is 22.5 Å². The Morgan fingerprint density at radius 3 is 2.60 bits per heavy atom. The molecule has 0 radical (unpaired) electrons. The number of nitrogens with two attached hydrogens (primary N) is 1. The van der Waals surface area contributed by atoms with Gasteiger partial charge in [-0.2, -0.15) is 0 Å². The van der Waals surface area contributed by atoms with Crippen molar-refractivity contribution in [3.05, 3.63) is 46.4 Å². The van der Waals surface area contributed by atoms with Gasteiger partial charge in [0.25, 0.3) is 0 Å². The maximum atomic E-state index is 11.8. The average Bonchev–Trinajstić information content (AvgIpc) is 2.42. The minimum atomic E-state index is -0.103. The quantitative estimate of drug-likeness (QED) is 0.790. The van der Waals surface area contributed by atoms with Crippen molar-refractivity contribution in [3.63, 3.8) is 0 Å². The van der Waals surface area contributed by atoms with E-state index >= 15 is 0 Å². The highest BCUT2D eigenvalue weighted by Gasteiger charge is 2.24.